The van der Waals surface area contributed by atoms with E-state index < -0.39 is 46.8 Å². The van der Waals surface area contributed by atoms with E-state index in [1.165, 1.54) is 77.6 Å². The number of hydrogen-bond acceptors (Lipinski definition) is 17. The number of esters is 1. The largest absolute Gasteiger partial charge is 0.508 e. The van der Waals surface area contributed by atoms with Crippen LogP contribution < -0.4 is 15.4 Å². The second kappa shape index (κ2) is 32.1. The average molecular weight is 1030 g/mol. The molecule has 0 bridgehead atoms. The highest BCUT2D eigenvalue weighted by Crippen LogP contribution is 2.19. The van der Waals surface area contributed by atoms with Crippen molar-refractivity contribution < 1.29 is 78.7 Å². The minimum Gasteiger partial charge on any atom is -0.508 e. The van der Waals surface area contributed by atoms with Crippen LogP contribution >= 0.6 is 0 Å². The van der Waals surface area contributed by atoms with E-state index in [0.717, 1.165) is 24.3 Å². The third-order valence-electron chi connectivity index (χ3n) is 10.1. The van der Waals surface area contributed by atoms with Gasteiger partial charge in [0.1, 0.15) is 39.3 Å². The number of carbonyl (C=O) groups is 8. The van der Waals surface area contributed by atoms with Gasteiger partial charge < -0.3 is 39.8 Å². The quantitative estimate of drug-likeness (QED) is 0.0249. The highest BCUT2D eigenvalue weighted by Gasteiger charge is 2.30. The number of hydrogen-bond donors (Lipinski definition) is 4. The SMILES string of the molecule is C1CCOC1.O=C(COCC(=O)Oc1ccc([N+](=O)[O-])cc1)Nc1ccc(CCC(=O)N2CCC2=O)cc1.O=C(O)COCC(=O)Nc1ccc(CCC(=O)N2CCC2=O)cc1.O=[N+]([O-])c1ccc(O)cc1.[2H]C#C. The standard InChI is InChI=1S/C22H21N3O8.C16H18N2O6.C6H5NO3.C4H8O.C2H2/c26-19(13-32-14-22(29)33-18-8-6-17(7-9-18)25(30)31)23-16-4-1-15(2-5-16)3-10-20(27)24-12-11-21(24)28;19-13(9-24-10-16(22)23)17-12-4-1-11(2-5-12)3-6-14(20)18-8-7-15(18)21;8-6-3-1-5(2-4-6)7(9)10;1-2-4-5-3-1;1-2/h1-2,4-9H,3,10-14H2,(H,23,26);1-2,4-5H,3,6-10H2,(H,17,19)(H,22,23);1-4,8H;1-4H2;1-2H/i;;;;1D. The van der Waals surface area contributed by atoms with Gasteiger partial charge in [-0.1, -0.05) is 24.3 Å². The number of imide groups is 2. The van der Waals surface area contributed by atoms with Crippen molar-refractivity contribution >= 4 is 70.1 Å². The maximum atomic E-state index is 12.0. The molecule has 0 unspecified atom stereocenters. The molecule has 74 heavy (non-hydrogen) atoms. The summed E-state index contributed by atoms with van der Waals surface area (Å²) in [4.78, 5) is 114. The van der Waals surface area contributed by atoms with Gasteiger partial charge in [-0.2, -0.15) is 0 Å². The number of aryl methyl sites for hydroxylation is 2. The number of phenols is 1. The van der Waals surface area contributed by atoms with E-state index in [-0.39, 0.29) is 72.6 Å². The second-order valence-electron chi connectivity index (χ2n) is 15.6. The molecule has 0 saturated carbocycles. The number of aromatic hydroxyl groups is 1. The summed E-state index contributed by atoms with van der Waals surface area (Å²) in [6.45, 7) is 1.27. The smallest absolute Gasteiger partial charge is 0.337 e. The molecule has 4 N–H and O–H groups in total. The Morgan fingerprint density at radius 1 is 0.649 bits per heavy atom. The molecule has 3 saturated heterocycles. The molecular formula is C50H54N6O18. The molecule has 3 aliphatic heterocycles. The number of phenolic OH excluding ortho intramolecular Hbond substituents is 1. The van der Waals surface area contributed by atoms with Gasteiger partial charge in [-0.05, 0) is 85.3 Å². The van der Waals surface area contributed by atoms with Crippen LogP contribution in [0.5, 0.6) is 11.5 Å². The molecule has 7 rings (SSSR count). The highest BCUT2D eigenvalue weighted by molar-refractivity contribution is 6.00. The van der Waals surface area contributed by atoms with E-state index in [9.17, 15) is 58.6 Å². The van der Waals surface area contributed by atoms with Crippen molar-refractivity contribution in [3.8, 4) is 24.3 Å². The molecular weight excluding hydrogens is 973 g/mol. The Labute approximate surface area is 425 Å². The number of carboxylic acids is 1. The fraction of sp³-hybridized carbons (Fsp3) is 0.320. The monoisotopic (exact) mass is 1030 g/mol. The van der Waals surface area contributed by atoms with Gasteiger partial charge in [-0.3, -0.25) is 58.8 Å². The molecule has 24 heteroatoms. The number of nitro groups is 2. The zero-order valence-electron chi connectivity index (χ0n) is 40.8. The number of benzene rings is 4. The number of non-ortho nitro benzene ring substituents is 2. The molecule has 3 heterocycles. The second-order valence-corrected chi connectivity index (χ2v) is 15.6. The number of ether oxygens (including phenoxy) is 4. The molecule has 4 aromatic rings. The van der Waals surface area contributed by atoms with Gasteiger partial charge in [0.05, 0.1) is 9.85 Å². The van der Waals surface area contributed by atoms with E-state index in [4.69, 9.17) is 25.8 Å². The Kier molecular flexibility index (Phi) is 25.0. The van der Waals surface area contributed by atoms with Crippen molar-refractivity contribution in [2.75, 3.05) is 63.4 Å². The van der Waals surface area contributed by atoms with Gasteiger partial charge >= 0.3 is 11.9 Å². The van der Waals surface area contributed by atoms with E-state index in [0.29, 0.717) is 50.1 Å². The van der Waals surface area contributed by atoms with Gasteiger partial charge in [-0.15, -0.1) is 12.8 Å². The number of likely N-dealkylation sites (tertiary alicyclic amines) is 2. The molecule has 0 spiro atoms. The lowest BCUT2D eigenvalue weighted by atomic mass is 10.1. The zero-order valence-corrected chi connectivity index (χ0v) is 39.8. The lowest BCUT2D eigenvalue weighted by Gasteiger charge is -2.28. The topological polar surface area (TPSA) is 331 Å². The van der Waals surface area contributed by atoms with E-state index in [1.807, 2.05) is 0 Å². The minimum absolute atomic E-state index is 0.0159. The van der Waals surface area contributed by atoms with Crippen LogP contribution in [-0.2, 0) is 65.4 Å². The molecule has 24 nitrogen and oxygen atoms in total. The maximum absolute atomic E-state index is 12.0. The minimum atomic E-state index is -1.14. The number of nitrogens with zero attached hydrogens (tertiary/aromatic N) is 4. The number of nitro benzene ring substituents is 2. The Morgan fingerprint density at radius 2 is 1.05 bits per heavy atom. The molecule has 6 amide bonds. The Bertz CT molecular complexity index is 2610. The summed E-state index contributed by atoms with van der Waals surface area (Å²) in [6.07, 6.45) is 10.7. The van der Waals surface area contributed by atoms with Gasteiger partial charge in [0, 0.05) is 87.6 Å². The van der Waals surface area contributed by atoms with Crippen LogP contribution in [0.2, 0.25) is 0 Å². The van der Waals surface area contributed by atoms with Crippen molar-refractivity contribution in [2.45, 2.75) is 51.4 Å². The number of aliphatic carboxylic acids is 1. The summed E-state index contributed by atoms with van der Waals surface area (Å²) in [5.74, 6) is -3.28. The fourth-order valence-electron chi connectivity index (χ4n) is 6.17. The summed E-state index contributed by atoms with van der Waals surface area (Å²) in [7, 11) is 0. The van der Waals surface area contributed by atoms with Gasteiger partial charge in [0.15, 0.2) is 0 Å². The van der Waals surface area contributed by atoms with E-state index in [1.54, 1.807) is 48.5 Å². The first-order valence-electron chi connectivity index (χ1n) is 23.0. The van der Waals surface area contributed by atoms with Crippen LogP contribution in [0.1, 0.15) is 51.0 Å². The molecule has 0 radical (unpaired) electrons. The molecule has 0 aromatic heterocycles. The summed E-state index contributed by atoms with van der Waals surface area (Å²) in [6, 6.07) is 23.8. The zero-order chi connectivity index (χ0) is 55.1. The van der Waals surface area contributed by atoms with Crippen molar-refractivity contribution in [3.05, 3.63) is 128 Å². The third kappa shape index (κ3) is 22.4. The molecule has 0 aliphatic carbocycles. The first-order valence-corrected chi connectivity index (χ1v) is 22.5. The number of β-lactam (4-membered cyclic amide) rings is 2. The van der Waals surface area contributed by atoms with Gasteiger partial charge in [0.25, 0.3) is 11.4 Å². The number of terminal acetylenes is 1. The molecule has 4 aromatic carbocycles. The molecule has 0 atom stereocenters. The molecule has 392 valence electrons. The van der Waals surface area contributed by atoms with Crippen LogP contribution in [-0.4, -0.2) is 130 Å². The normalized spacial score (nSPS) is 12.9. The average Bonchev–Trinajstić information content (AvgIpc) is 3.97. The Morgan fingerprint density at radius 3 is 1.39 bits per heavy atom. The first kappa shape index (κ1) is 57.7. The summed E-state index contributed by atoms with van der Waals surface area (Å²) < 4.78 is 25.4. The van der Waals surface area contributed by atoms with Crippen LogP contribution in [0.4, 0.5) is 22.7 Å². The van der Waals surface area contributed by atoms with Crippen molar-refractivity contribution in [2.24, 2.45) is 0 Å². The van der Waals surface area contributed by atoms with Crippen molar-refractivity contribution in [1.29, 1.82) is 0 Å². The van der Waals surface area contributed by atoms with E-state index >= 15 is 0 Å². The van der Waals surface area contributed by atoms with Crippen LogP contribution in [0.3, 0.4) is 0 Å². The first-order chi connectivity index (χ1) is 35.9. The van der Waals surface area contributed by atoms with Crippen LogP contribution in [0, 0.1) is 33.1 Å². The predicted molar refractivity (Wildman–Crippen MR) is 262 cm³/mol. The molecule has 3 fully saturated rings. The molecule has 3 aliphatic rings. The van der Waals surface area contributed by atoms with Crippen LogP contribution in [0.15, 0.2) is 97.1 Å². The lowest BCUT2D eigenvalue weighted by Crippen LogP contribution is -2.47. The van der Waals surface area contributed by atoms with Gasteiger partial charge in [0.2, 0.25) is 35.4 Å². The number of rotatable bonds is 19. The number of nitrogens with one attached hydrogen (secondary N) is 2. The Hall–Kier alpha value is -8.92. The fourth-order valence-corrected chi connectivity index (χ4v) is 6.17. The van der Waals surface area contributed by atoms with Crippen LogP contribution in [0.25, 0.3) is 0 Å². The number of amides is 6. The summed E-state index contributed by atoms with van der Waals surface area (Å²) in [5, 5.41) is 42.9. The van der Waals surface area contributed by atoms with Gasteiger partial charge in [-0.25, -0.2) is 9.59 Å². The number of carbonyl (C=O) groups excluding carboxylic acids is 7. The summed E-state index contributed by atoms with van der Waals surface area (Å²) in [5.41, 5.74) is 2.72. The third-order valence-corrected chi connectivity index (χ3v) is 10.1. The highest BCUT2D eigenvalue weighted by atomic mass is 16.6. The predicted octanol–water partition coefficient (Wildman–Crippen LogP) is 4.61. The van der Waals surface area contributed by atoms with Crippen molar-refractivity contribution in [3.63, 3.8) is 0 Å². The van der Waals surface area contributed by atoms with Crippen molar-refractivity contribution in [1.82, 2.24) is 9.80 Å². The maximum Gasteiger partial charge on any atom is 0.337 e. The Balaban J connectivity index is 0.000000303. The number of anilines is 2. The number of carboxylic acid groups (broad SMARTS) is 1. The lowest BCUT2D eigenvalue weighted by molar-refractivity contribution is -0.385. The van der Waals surface area contributed by atoms with E-state index in [2.05, 4.69) is 21.8 Å². The summed E-state index contributed by atoms with van der Waals surface area (Å²) >= 11 is 0.